The van der Waals surface area contributed by atoms with Gasteiger partial charge >= 0.3 is 6.18 Å². The van der Waals surface area contributed by atoms with E-state index in [2.05, 4.69) is 4.98 Å². The van der Waals surface area contributed by atoms with E-state index in [0.29, 0.717) is 5.88 Å². The minimum atomic E-state index is -4.13. The van der Waals surface area contributed by atoms with Crippen LogP contribution in [0.25, 0.3) is 0 Å². The molecule has 1 aromatic heterocycles. The highest BCUT2D eigenvalue weighted by atomic mass is 19.4. The maximum absolute atomic E-state index is 11.8. The Morgan fingerprint density at radius 1 is 1.41 bits per heavy atom. The maximum atomic E-state index is 11.8. The van der Waals surface area contributed by atoms with E-state index in [0.717, 1.165) is 5.56 Å². The van der Waals surface area contributed by atoms with Crippen molar-refractivity contribution in [2.24, 2.45) is 5.73 Å². The zero-order valence-corrected chi connectivity index (χ0v) is 9.50. The molecule has 0 spiro atoms. The number of alkyl halides is 3. The fourth-order valence-electron chi connectivity index (χ4n) is 1.20. The fraction of sp³-hybridized carbons (Fsp3) is 0.545. The number of halogens is 3. The van der Waals surface area contributed by atoms with Crippen LogP contribution in [0.1, 0.15) is 31.4 Å². The summed E-state index contributed by atoms with van der Waals surface area (Å²) in [6.45, 7) is 1.82. The Labute approximate surface area is 97.8 Å². The van der Waals surface area contributed by atoms with Crippen LogP contribution in [0.5, 0.6) is 5.88 Å². The summed E-state index contributed by atoms with van der Waals surface area (Å²) in [6.07, 6.45) is -3.48. The van der Waals surface area contributed by atoms with Crippen LogP contribution in [-0.2, 0) is 0 Å². The lowest BCUT2D eigenvalue weighted by atomic mass is 10.2. The molecule has 96 valence electrons. The average Bonchev–Trinajstić information content (AvgIpc) is 2.24. The molecule has 0 aliphatic carbocycles. The Balaban J connectivity index is 2.33. The number of nitrogens with zero attached hydrogens (tertiary/aromatic N) is 1. The molecular weight excluding hydrogens is 233 g/mol. The van der Waals surface area contributed by atoms with Crippen LogP contribution in [0.3, 0.4) is 0 Å². The Bertz CT molecular complexity index is 336. The topological polar surface area (TPSA) is 48.1 Å². The van der Waals surface area contributed by atoms with Gasteiger partial charge in [-0.25, -0.2) is 4.98 Å². The molecule has 1 aromatic rings. The zero-order valence-electron chi connectivity index (χ0n) is 9.50. The first-order chi connectivity index (χ1) is 7.88. The van der Waals surface area contributed by atoms with Crippen molar-refractivity contribution in [1.29, 1.82) is 0 Å². The first-order valence-corrected chi connectivity index (χ1v) is 5.29. The number of aromatic nitrogens is 1. The van der Waals surface area contributed by atoms with Crippen molar-refractivity contribution in [2.45, 2.75) is 32.0 Å². The monoisotopic (exact) mass is 248 g/mol. The van der Waals surface area contributed by atoms with Gasteiger partial charge in [0.1, 0.15) is 0 Å². The molecule has 17 heavy (non-hydrogen) atoms. The normalized spacial score (nSPS) is 13.5. The van der Waals surface area contributed by atoms with Crippen LogP contribution in [0.2, 0.25) is 0 Å². The van der Waals surface area contributed by atoms with Gasteiger partial charge in [-0.2, -0.15) is 13.2 Å². The molecule has 0 aromatic carbocycles. The van der Waals surface area contributed by atoms with E-state index >= 15 is 0 Å². The first-order valence-electron chi connectivity index (χ1n) is 5.29. The van der Waals surface area contributed by atoms with Crippen molar-refractivity contribution in [2.75, 3.05) is 6.61 Å². The van der Waals surface area contributed by atoms with Gasteiger partial charge in [0.25, 0.3) is 0 Å². The molecule has 0 fully saturated rings. The van der Waals surface area contributed by atoms with Crippen LogP contribution in [0, 0.1) is 0 Å². The SMILES string of the molecule is CC(N)c1ccc(OCCCC(F)(F)F)nc1. The van der Waals surface area contributed by atoms with Gasteiger partial charge < -0.3 is 10.5 Å². The van der Waals surface area contributed by atoms with Crippen molar-refractivity contribution in [3.05, 3.63) is 23.9 Å². The molecule has 0 aliphatic rings. The third kappa shape index (κ3) is 5.53. The van der Waals surface area contributed by atoms with Crippen molar-refractivity contribution in [1.82, 2.24) is 4.98 Å². The molecule has 0 saturated carbocycles. The standard InChI is InChI=1S/C11H15F3N2O/c1-8(15)9-3-4-10(16-7-9)17-6-2-5-11(12,13)14/h3-4,7-8H,2,5-6,15H2,1H3. The smallest absolute Gasteiger partial charge is 0.389 e. The summed E-state index contributed by atoms with van der Waals surface area (Å²) in [5, 5.41) is 0. The quantitative estimate of drug-likeness (QED) is 0.815. The highest BCUT2D eigenvalue weighted by Gasteiger charge is 2.26. The molecular formula is C11H15F3N2O. The van der Waals surface area contributed by atoms with E-state index in [4.69, 9.17) is 10.5 Å². The molecule has 1 unspecified atom stereocenters. The van der Waals surface area contributed by atoms with Gasteiger partial charge in [-0.15, -0.1) is 0 Å². The largest absolute Gasteiger partial charge is 0.478 e. The van der Waals surface area contributed by atoms with E-state index in [1.807, 2.05) is 6.92 Å². The predicted molar refractivity (Wildman–Crippen MR) is 57.6 cm³/mol. The second-order valence-corrected chi connectivity index (χ2v) is 3.79. The van der Waals surface area contributed by atoms with Crippen LogP contribution in [0.4, 0.5) is 13.2 Å². The van der Waals surface area contributed by atoms with Gasteiger partial charge in [0.05, 0.1) is 6.61 Å². The summed E-state index contributed by atoms with van der Waals surface area (Å²) in [5.74, 6) is 0.316. The lowest BCUT2D eigenvalue weighted by Crippen LogP contribution is -2.10. The van der Waals surface area contributed by atoms with Crippen molar-refractivity contribution >= 4 is 0 Å². The van der Waals surface area contributed by atoms with Crippen LogP contribution in [0.15, 0.2) is 18.3 Å². The average molecular weight is 248 g/mol. The van der Waals surface area contributed by atoms with Gasteiger partial charge in [0.15, 0.2) is 0 Å². The molecule has 6 heteroatoms. The molecule has 0 radical (unpaired) electrons. The molecule has 0 bridgehead atoms. The van der Waals surface area contributed by atoms with Crippen LogP contribution < -0.4 is 10.5 Å². The van der Waals surface area contributed by atoms with E-state index in [1.165, 1.54) is 0 Å². The number of ether oxygens (including phenoxy) is 1. The number of rotatable bonds is 5. The fourth-order valence-corrected chi connectivity index (χ4v) is 1.20. The Hall–Kier alpha value is -1.30. The zero-order chi connectivity index (χ0) is 12.9. The van der Waals surface area contributed by atoms with Gasteiger partial charge in [-0.05, 0) is 18.9 Å². The number of pyridine rings is 1. The molecule has 1 heterocycles. The summed E-state index contributed by atoms with van der Waals surface area (Å²) in [4.78, 5) is 3.95. The highest BCUT2D eigenvalue weighted by Crippen LogP contribution is 2.21. The van der Waals surface area contributed by atoms with E-state index in [9.17, 15) is 13.2 Å². The number of hydrogen-bond donors (Lipinski definition) is 1. The number of hydrogen-bond acceptors (Lipinski definition) is 3. The van der Waals surface area contributed by atoms with E-state index in [1.54, 1.807) is 18.3 Å². The molecule has 1 rings (SSSR count). The highest BCUT2D eigenvalue weighted by molar-refractivity contribution is 5.19. The third-order valence-electron chi connectivity index (χ3n) is 2.14. The lowest BCUT2D eigenvalue weighted by molar-refractivity contribution is -0.136. The molecule has 0 aliphatic heterocycles. The molecule has 0 saturated heterocycles. The Morgan fingerprint density at radius 2 is 2.12 bits per heavy atom. The summed E-state index contributed by atoms with van der Waals surface area (Å²) >= 11 is 0. The van der Waals surface area contributed by atoms with Crippen molar-refractivity contribution in [3.63, 3.8) is 0 Å². The second kappa shape index (κ2) is 5.86. The second-order valence-electron chi connectivity index (χ2n) is 3.79. The lowest BCUT2D eigenvalue weighted by Gasteiger charge is -2.09. The van der Waals surface area contributed by atoms with Gasteiger partial charge in [0.2, 0.25) is 5.88 Å². The summed E-state index contributed by atoms with van der Waals surface area (Å²) in [6, 6.07) is 3.23. The van der Waals surface area contributed by atoms with Gasteiger partial charge in [-0.3, -0.25) is 0 Å². The van der Waals surface area contributed by atoms with Crippen molar-refractivity contribution < 1.29 is 17.9 Å². The van der Waals surface area contributed by atoms with Crippen molar-refractivity contribution in [3.8, 4) is 5.88 Å². The van der Waals surface area contributed by atoms with Gasteiger partial charge in [-0.1, -0.05) is 6.07 Å². The van der Waals surface area contributed by atoms with E-state index in [-0.39, 0.29) is 19.1 Å². The Kier molecular flexibility index (Phi) is 4.74. The first kappa shape index (κ1) is 13.8. The summed E-state index contributed by atoms with van der Waals surface area (Å²) in [5.41, 5.74) is 6.48. The molecule has 0 amide bonds. The van der Waals surface area contributed by atoms with Gasteiger partial charge in [0, 0.05) is 24.7 Å². The predicted octanol–water partition coefficient (Wildman–Crippen LogP) is 2.82. The molecule has 3 nitrogen and oxygen atoms in total. The van der Waals surface area contributed by atoms with Crippen LogP contribution >= 0.6 is 0 Å². The van der Waals surface area contributed by atoms with E-state index < -0.39 is 12.6 Å². The third-order valence-corrected chi connectivity index (χ3v) is 2.14. The summed E-state index contributed by atoms with van der Waals surface area (Å²) in [7, 11) is 0. The maximum Gasteiger partial charge on any atom is 0.389 e. The molecule has 2 N–H and O–H groups in total. The molecule has 1 atom stereocenters. The van der Waals surface area contributed by atoms with Crippen LogP contribution in [-0.4, -0.2) is 17.8 Å². The Morgan fingerprint density at radius 3 is 2.59 bits per heavy atom. The summed E-state index contributed by atoms with van der Waals surface area (Å²) < 4.78 is 40.6. The minimum absolute atomic E-state index is 0.00400. The number of nitrogens with two attached hydrogens (primary N) is 1. The minimum Gasteiger partial charge on any atom is -0.478 e.